The zero-order valence-electron chi connectivity index (χ0n) is 10.6. The minimum atomic E-state index is -0.0502. The maximum absolute atomic E-state index is 9.17. The highest BCUT2D eigenvalue weighted by molar-refractivity contribution is 5.24. The number of nitrogens with zero attached hydrogens (tertiary/aromatic N) is 1. The molecule has 2 unspecified atom stereocenters. The number of aliphatic hydroxyl groups excluding tert-OH is 1. The highest BCUT2D eigenvalue weighted by Gasteiger charge is 2.32. The van der Waals surface area contributed by atoms with Gasteiger partial charge < -0.3 is 9.84 Å². The molecule has 0 aromatic heterocycles. The Morgan fingerprint density at radius 3 is 2.53 bits per heavy atom. The highest BCUT2D eigenvalue weighted by atomic mass is 16.5. The normalized spacial score (nSPS) is 25.4. The van der Waals surface area contributed by atoms with Crippen molar-refractivity contribution >= 4 is 0 Å². The van der Waals surface area contributed by atoms with E-state index in [4.69, 9.17) is 4.74 Å². The maximum Gasteiger partial charge on any atom is 0.137 e. The van der Waals surface area contributed by atoms with Crippen LogP contribution in [0.3, 0.4) is 0 Å². The second-order valence-corrected chi connectivity index (χ2v) is 4.48. The maximum atomic E-state index is 9.17. The number of aliphatic hydroxyl groups is 1. The third-order valence-corrected chi connectivity index (χ3v) is 3.37. The number of hydrogen-bond donors (Lipinski definition) is 1. The Balaban J connectivity index is 2.14. The molecule has 3 nitrogen and oxygen atoms in total. The molecule has 0 aliphatic carbocycles. The summed E-state index contributed by atoms with van der Waals surface area (Å²) in [5.74, 6) is 0. The highest BCUT2D eigenvalue weighted by Crippen LogP contribution is 2.29. The van der Waals surface area contributed by atoms with Crippen molar-refractivity contribution in [1.29, 1.82) is 0 Å². The van der Waals surface area contributed by atoms with Gasteiger partial charge in [-0.25, -0.2) is 0 Å². The molecule has 1 heterocycles. The third kappa shape index (κ3) is 2.68. The van der Waals surface area contributed by atoms with Crippen molar-refractivity contribution in [1.82, 2.24) is 4.90 Å². The van der Waals surface area contributed by atoms with Crippen LogP contribution in [0.1, 0.15) is 31.2 Å². The standard InChI is InChI=1S/C14H21NO2/c1-3-11-5-7-12(8-6-11)14-15(4-2)9-13(10-16)17-14/h5-8,13-14,16H,3-4,9-10H2,1-2H3. The first kappa shape index (κ1) is 12.6. The van der Waals surface area contributed by atoms with Gasteiger partial charge in [0.1, 0.15) is 6.23 Å². The van der Waals surface area contributed by atoms with Crippen LogP contribution in [0.2, 0.25) is 0 Å². The molecule has 0 saturated carbocycles. The van der Waals surface area contributed by atoms with E-state index in [-0.39, 0.29) is 18.9 Å². The molecule has 0 amide bonds. The minimum absolute atomic E-state index is 0.00283. The topological polar surface area (TPSA) is 32.7 Å². The second kappa shape index (κ2) is 5.63. The van der Waals surface area contributed by atoms with Gasteiger partial charge in [0, 0.05) is 6.54 Å². The lowest BCUT2D eigenvalue weighted by Gasteiger charge is -2.21. The van der Waals surface area contributed by atoms with Crippen LogP contribution >= 0.6 is 0 Å². The Bertz CT molecular complexity index is 350. The van der Waals surface area contributed by atoms with Gasteiger partial charge in [-0.3, -0.25) is 4.90 Å². The van der Waals surface area contributed by atoms with Gasteiger partial charge in [0.05, 0.1) is 12.7 Å². The first-order valence-electron chi connectivity index (χ1n) is 6.37. The van der Waals surface area contributed by atoms with E-state index in [0.29, 0.717) is 0 Å². The number of benzene rings is 1. The average molecular weight is 235 g/mol. The quantitative estimate of drug-likeness (QED) is 0.866. The summed E-state index contributed by atoms with van der Waals surface area (Å²) >= 11 is 0. The van der Waals surface area contributed by atoms with Gasteiger partial charge in [-0.15, -0.1) is 0 Å². The van der Waals surface area contributed by atoms with Crippen LogP contribution in [-0.2, 0) is 11.2 Å². The molecule has 2 atom stereocenters. The largest absolute Gasteiger partial charge is 0.394 e. The van der Waals surface area contributed by atoms with Crippen molar-refractivity contribution in [3.8, 4) is 0 Å². The van der Waals surface area contributed by atoms with Gasteiger partial charge in [0.25, 0.3) is 0 Å². The average Bonchev–Trinajstić information content (AvgIpc) is 2.82. The fourth-order valence-corrected chi connectivity index (χ4v) is 2.27. The lowest BCUT2D eigenvalue weighted by Crippen LogP contribution is -2.25. The van der Waals surface area contributed by atoms with Crippen LogP contribution in [0.15, 0.2) is 24.3 Å². The zero-order valence-corrected chi connectivity index (χ0v) is 10.6. The summed E-state index contributed by atoms with van der Waals surface area (Å²) in [6, 6.07) is 8.56. The van der Waals surface area contributed by atoms with Crippen LogP contribution in [0.5, 0.6) is 0 Å². The van der Waals surface area contributed by atoms with Crippen LogP contribution in [0.25, 0.3) is 0 Å². The van der Waals surface area contributed by atoms with Gasteiger partial charge in [0.15, 0.2) is 0 Å². The molecule has 2 rings (SSSR count). The van der Waals surface area contributed by atoms with E-state index >= 15 is 0 Å². The molecular formula is C14H21NO2. The van der Waals surface area contributed by atoms with E-state index in [1.165, 1.54) is 11.1 Å². The van der Waals surface area contributed by atoms with Crippen molar-refractivity contribution in [2.75, 3.05) is 19.7 Å². The summed E-state index contributed by atoms with van der Waals surface area (Å²) in [6.45, 7) is 6.13. The van der Waals surface area contributed by atoms with Crippen molar-refractivity contribution in [2.45, 2.75) is 32.6 Å². The molecule has 0 bridgehead atoms. The smallest absolute Gasteiger partial charge is 0.137 e. The van der Waals surface area contributed by atoms with Crippen LogP contribution in [0, 0.1) is 0 Å². The van der Waals surface area contributed by atoms with E-state index in [9.17, 15) is 5.11 Å². The second-order valence-electron chi connectivity index (χ2n) is 4.48. The van der Waals surface area contributed by atoms with Crippen LogP contribution in [0.4, 0.5) is 0 Å². The number of aryl methyl sites for hydroxylation is 1. The summed E-state index contributed by atoms with van der Waals surface area (Å²) in [6.07, 6.45) is 1.01. The Morgan fingerprint density at radius 2 is 2.00 bits per heavy atom. The lowest BCUT2D eigenvalue weighted by atomic mass is 10.1. The molecular weight excluding hydrogens is 214 g/mol. The molecule has 94 valence electrons. The zero-order chi connectivity index (χ0) is 12.3. The van der Waals surface area contributed by atoms with Crippen molar-refractivity contribution in [2.24, 2.45) is 0 Å². The molecule has 17 heavy (non-hydrogen) atoms. The molecule has 1 N–H and O–H groups in total. The van der Waals surface area contributed by atoms with E-state index in [1.807, 2.05) is 0 Å². The SMILES string of the molecule is CCc1ccc(C2OC(CO)CN2CC)cc1. The monoisotopic (exact) mass is 235 g/mol. The predicted octanol–water partition coefficient (Wildman–Crippen LogP) is 1.96. The first-order chi connectivity index (χ1) is 8.28. The van der Waals surface area contributed by atoms with Crippen molar-refractivity contribution < 1.29 is 9.84 Å². The van der Waals surface area contributed by atoms with E-state index in [1.54, 1.807) is 0 Å². The molecule has 1 fully saturated rings. The molecule has 1 aliphatic rings. The summed E-state index contributed by atoms with van der Waals surface area (Å²) in [5, 5.41) is 9.17. The van der Waals surface area contributed by atoms with E-state index < -0.39 is 0 Å². The summed E-state index contributed by atoms with van der Waals surface area (Å²) < 4.78 is 5.85. The van der Waals surface area contributed by atoms with Crippen molar-refractivity contribution in [3.05, 3.63) is 35.4 Å². The number of rotatable bonds is 4. The van der Waals surface area contributed by atoms with Gasteiger partial charge >= 0.3 is 0 Å². The molecule has 1 aromatic carbocycles. The van der Waals surface area contributed by atoms with Crippen LogP contribution in [-0.4, -0.2) is 35.8 Å². The Morgan fingerprint density at radius 1 is 1.29 bits per heavy atom. The molecule has 1 saturated heterocycles. The molecule has 0 spiro atoms. The third-order valence-electron chi connectivity index (χ3n) is 3.37. The first-order valence-corrected chi connectivity index (χ1v) is 6.37. The Labute approximate surface area is 103 Å². The van der Waals surface area contributed by atoms with E-state index in [2.05, 4.69) is 43.0 Å². The van der Waals surface area contributed by atoms with Gasteiger partial charge in [-0.05, 0) is 24.1 Å². The number of ether oxygens (including phenoxy) is 1. The van der Waals surface area contributed by atoms with Crippen molar-refractivity contribution in [3.63, 3.8) is 0 Å². The van der Waals surface area contributed by atoms with E-state index in [0.717, 1.165) is 19.5 Å². The van der Waals surface area contributed by atoms with Gasteiger partial charge in [-0.2, -0.15) is 0 Å². The molecule has 1 aromatic rings. The number of hydrogen-bond acceptors (Lipinski definition) is 3. The Hall–Kier alpha value is -0.900. The predicted molar refractivity (Wildman–Crippen MR) is 67.8 cm³/mol. The lowest BCUT2D eigenvalue weighted by molar-refractivity contribution is -0.0184. The number of likely N-dealkylation sites (N-methyl/N-ethyl adjacent to an activating group) is 1. The van der Waals surface area contributed by atoms with Gasteiger partial charge in [-0.1, -0.05) is 38.1 Å². The van der Waals surface area contributed by atoms with Gasteiger partial charge in [0.2, 0.25) is 0 Å². The molecule has 3 heteroatoms. The fraction of sp³-hybridized carbons (Fsp3) is 0.571. The molecule has 0 radical (unpaired) electrons. The van der Waals surface area contributed by atoms with Crippen LogP contribution < -0.4 is 0 Å². The minimum Gasteiger partial charge on any atom is -0.394 e. The summed E-state index contributed by atoms with van der Waals surface area (Å²) in [5.41, 5.74) is 2.52. The Kier molecular flexibility index (Phi) is 4.15. The fourth-order valence-electron chi connectivity index (χ4n) is 2.27. The summed E-state index contributed by atoms with van der Waals surface area (Å²) in [4.78, 5) is 2.25. The summed E-state index contributed by atoms with van der Waals surface area (Å²) in [7, 11) is 0. The molecule has 1 aliphatic heterocycles.